The first kappa shape index (κ1) is 9.87. The van der Waals surface area contributed by atoms with Crippen molar-refractivity contribution in [2.75, 3.05) is 0 Å². The van der Waals surface area contributed by atoms with Crippen molar-refractivity contribution in [1.29, 1.82) is 5.26 Å². The summed E-state index contributed by atoms with van der Waals surface area (Å²) < 4.78 is 15.5. The Bertz CT molecular complexity index is 527. The third-order valence-electron chi connectivity index (χ3n) is 1.90. The molecule has 0 aliphatic carbocycles. The van der Waals surface area contributed by atoms with Crippen LogP contribution in [0, 0.1) is 20.0 Å². The van der Waals surface area contributed by atoms with Crippen molar-refractivity contribution >= 4 is 44.0 Å². The topological polar surface area (TPSA) is 23.8 Å². The van der Waals surface area contributed by atoms with Crippen LogP contribution >= 0.6 is 33.9 Å². The Labute approximate surface area is 98.3 Å². The van der Waals surface area contributed by atoms with Gasteiger partial charge < -0.3 is 0 Å². The van der Waals surface area contributed by atoms with Crippen LogP contribution in [0.4, 0.5) is 4.39 Å². The highest BCUT2D eigenvalue weighted by Gasteiger charge is 2.06. The number of halogens is 2. The smallest absolute Gasteiger partial charge is 0.132 e. The van der Waals surface area contributed by atoms with E-state index in [2.05, 4.69) is 22.6 Å². The Kier molecular flexibility index (Phi) is 2.70. The average Bonchev–Trinajstić information content (AvgIpc) is 2.47. The highest BCUT2D eigenvalue weighted by Crippen LogP contribution is 2.29. The molecule has 0 N–H and O–H groups in total. The molecule has 0 atom stereocenters. The second-order valence-electron chi connectivity index (χ2n) is 2.87. The van der Waals surface area contributed by atoms with Gasteiger partial charge in [-0.1, -0.05) is 0 Å². The molecule has 0 fully saturated rings. The average molecular weight is 317 g/mol. The first-order valence-corrected chi connectivity index (χ1v) is 5.84. The molecule has 4 heteroatoms. The molecule has 2 rings (SSSR count). The van der Waals surface area contributed by atoms with E-state index in [-0.39, 0.29) is 12.2 Å². The van der Waals surface area contributed by atoms with Crippen LogP contribution < -0.4 is 0 Å². The zero-order chi connectivity index (χ0) is 10.1. The molecule has 0 bridgehead atoms. The van der Waals surface area contributed by atoms with E-state index in [9.17, 15) is 4.39 Å². The number of hydrogen-bond acceptors (Lipinski definition) is 2. The van der Waals surface area contributed by atoms with E-state index < -0.39 is 0 Å². The zero-order valence-corrected chi connectivity index (χ0v) is 10.0. The van der Waals surface area contributed by atoms with Crippen LogP contribution in [0.15, 0.2) is 18.2 Å². The first-order chi connectivity index (χ1) is 6.70. The number of hydrogen-bond donors (Lipinski definition) is 0. The Morgan fingerprint density at radius 3 is 2.93 bits per heavy atom. The van der Waals surface area contributed by atoms with E-state index >= 15 is 0 Å². The molecule has 1 heterocycles. The third-order valence-corrected chi connectivity index (χ3v) is 3.74. The van der Waals surface area contributed by atoms with Crippen molar-refractivity contribution < 1.29 is 4.39 Å². The summed E-state index contributed by atoms with van der Waals surface area (Å²) in [7, 11) is 0. The largest absolute Gasteiger partial charge is 0.206 e. The predicted molar refractivity (Wildman–Crippen MR) is 63.8 cm³/mol. The molecule has 14 heavy (non-hydrogen) atoms. The molecule has 0 unspecified atom stereocenters. The molecular weight excluding hydrogens is 312 g/mol. The molecule has 2 aromatic rings. The van der Waals surface area contributed by atoms with E-state index in [1.807, 2.05) is 18.2 Å². The SMILES string of the molecule is N#CCc1cc(F)c2cc(I)sc2c1. The zero-order valence-electron chi connectivity index (χ0n) is 7.05. The van der Waals surface area contributed by atoms with Gasteiger partial charge in [0.15, 0.2) is 0 Å². The lowest BCUT2D eigenvalue weighted by Gasteiger charge is -1.96. The second-order valence-corrected chi connectivity index (χ2v) is 5.85. The summed E-state index contributed by atoms with van der Waals surface area (Å²) >= 11 is 3.71. The Hall–Kier alpha value is -0.670. The van der Waals surface area contributed by atoms with Gasteiger partial charge in [-0.25, -0.2) is 4.39 Å². The van der Waals surface area contributed by atoms with Crippen molar-refractivity contribution in [3.63, 3.8) is 0 Å². The van der Waals surface area contributed by atoms with Gasteiger partial charge in [0, 0.05) is 10.1 Å². The molecular formula is C10H5FINS. The van der Waals surface area contributed by atoms with E-state index in [0.717, 1.165) is 13.1 Å². The van der Waals surface area contributed by atoms with Gasteiger partial charge >= 0.3 is 0 Å². The molecule has 0 aliphatic rings. The number of fused-ring (bicyclic) bond motifs is 1. The van der Waals surface area contributed by atoms with Crippen LogP contribution in [0.1, 0.15) is 5.56 Å². The van der Waals surface area contributed by atoms with Crippen molar-refractivity contribution in [2.24, 2.45) is 0 Å². The van der Waals surface area contributed by atoms with E-state index in [1.165, 1.54) is 6.07 Å². The van der Waals surface area contributed by atoms with Gasteiger partial charge in [-0.15, -0.1) is 11.3 Å². The Morgan fingerprint density at radius 1 is 1.43 bits per heavy atom. The van der Waals surface area contributed by atoms with Crippen LogP contribution in [0.2, 0.25) is 0 Å². The van der Waals surface area contributed by atoms with Gasteiger partial charge in [0.25, 0.3) is 0 Å². The summed E-state index contributed by atoms with van der Waals surface area (Å²) in [6, 6.07) is 7.17. The molecule has 0 saturated heterocycles. The maximum Gasteiger partial charge on any atom is 0.132 e. The third kappa shape index (κ3) is 1.74. The summed E-state index contributed by atoms with van der Waals surface area (Å²) in [4.78, 5) is 0. The van der Waals surface area contributed by atoms with Gasteiger partial charge in [0.2, 0.25) is 0 Å². The van der Waals surface area contributed by atoms with Crippen LogP contribution in [0.5, 0.6) is 0 Å². The first-order valence-electron chi connectivity index (χ1n) is 3.95. The van der Waals surface area contributed by atoms with Gasteiger partial charge in [-0.2, -0.15) is 5.26 Å². The molecule has 70 valence electrons. The number of benzene rings is 1. The summed E-state index contributed by atoms with van der Waals surface area (Å²) in [5.41, 5.74) is 0.746. The maximum absolute atomic E-state index is 13.5. The Balaban J connectivity index is 2.66. The maximum atomic E-state index is 13.5. The lowest BCUT2D eigenvalue weighted by molar-refractivity contribution is 0.638. The monoisotopic (exact) mass is 317 g/mol. The fraction of sp³-hybridized carbons (Fsp3) is 0.100. The highest BCUT2D eigenvalue weighted by molar-refractivity contribution is 14.1. The van der Waals surface area contributed by atoms with Crippen LogP contribution in [-0.4, -0.2) is 0 Å². The molecule has 1 aromatic carbocycles. The highest BCUT2D eigenvalue weighted by atomic mass is 127. The van der Waals surface area contributed by atoms with Crippen molar-refractivity contribution in [3.05, 3.63) is 32.5 Å². The Morgan fingerprint density at radius 2 is 2.21 bits per heavy atom. The summed E-state index contributed by atoms with van der Waals surface area (Å²) in [5.74, 6) is -0.230. The molecule has 0 radical (unpaired) electrons. The summed E-state index contributed by atoms with van der Waals surface area (Å²) in [6.45, 7) is 0. The second kappa shape index (κ2) is 3.83. The van der Waals surface area contributed by atoms with E-state index in [0.29, 0.717) is 5.39 Å². The minimum atomic E-state index is -0.230. The van der Waals surface area contributed by atoms with E-state index in [4.69, 9.17) is 5.26 Å². The van der Waals surface area contributed by atoms with Crippen molar-refractivity contribution in [1.82, 2.24) is 0 Å². The quantitative estimate of drug-likeness (QED) is 0.736. The number of nitriles is 1. The molecule has 1 aromatic heterocycles. The predicted octanol–water partition coefficient (Wildman–Crippen LogP) is 3.71. The lowest BCUT2D eigenvalue weighted by atomic mass is 10.1. The number of thiophene rings is 1. The minimum Gasteiger partial charge on any atom is -0.206 e. The van der Waals surface area contributed by atoms with Crippen molar-refractivity contribution in [3.8, 4) is 6.07 Å². The normalized spacial score (nSPS) is 10.4. The fourth-order valence-corrected chi connectivity index (χ4v) is 3.20. The van der Waals surface area contributed by atoms with Gasteiger partial charge in [-0.3, -0.25) is 0 Å². The molecule has 0 spiro atoms. The molecule has 0 amide bonds. The van der Waals surface area contributed by atoms with E-state index in [1.54, 1.807) is 11.3 Å². The lowest BCUT2D eigenvalue weighted by Crippen LogP contribution is -1.83. The van der Waals surface area contributed by atoms with Gasteiger partial charge in [-0.05, 0) is 46.4 Å². The fourth-order valence-electron chi connectivity index (χ4n) is 1.31. The van der Waals surface area contributed by atoms with Crippen molar-refractivity contribution in [2.45, 2.75) is 6.42 Å². The van der Waals surface area contributed by atoms with Gasteiger partial charge in [0.05, 0.1) is 15.4 Å². The number of rotatable bonds is 1. The van der Waals surface area contributed by atoms with Crippen LogP contribution in [0.3, 0.4) is 0 Å². The molecule has 1 nitrogen and oxygen atoms in total. The number of nitrogens with zero attached hydrogens (tertiary/aromatic N) is 1. The molecule has 0 saturated carbocycles. The summed E-state index contributed by atoms with van der Waals surface area (Å²) in [5, 5.41) is 9.17. The van der Waals surface area contributed by atoms with Gasteiger partial charge in [0.1, 0.15) is 5.82 Å². The van der Waals surface area contributed by atoms with Crippen LogP contribution in [0.25, 0.3) is 10.1 Å². The van der Waals surface area contributed by atoms with Crippen LogP contribution in [-0.2, 0) is 6.42 Å². The standard InChI is InChI=1S/C10H5FINS/c11-8-3-6(1-2-13)4-9-7(8)5-10(12)14-9/h3-5H,1H2. The molecule has 0 aliphatic heterocycles. The minimum absolute atomic E-state index is 0.230. The summed E-state index contributed by atoms with van der Waals surface area (Å²) in [6.07, 6.45) is 0.265.